The zero-order chi connectivity index (χ0) is 32.5. The molecule has 3 heterocycles. The van der Waals surface area contributed by atoms with Gasteiger partial charge >= 0.3 is 0 Å². The Labute approximate surface area is 275 Å². The molecule has 1 unspecified atom stereocenters. The number of halogens is 1. The third-order valence-corrected chi connectivity index (χ3v) is 11.4. The Morgan fingerprint density at radius 1 is 0.956 bits per heavy atom. The van der Waals surface area contributed by atoms with E-state index in [0.717, 1.165) is 44.2 Å². The summed E-state index contributed by atoms with van der Waals surface area (Å²) >= 11 is 6.26. The van der Waals surface area contributed by atoms with Crippen molar-refractivity contribution in [2.75, 3.05) is 45.9 Å². The number of morpholine rings is 1. The van der Waals surface area contributed by atoms with Crippen LogP contribution in [0.2, 0.25) is 5.02 Å². The van der Waals surface area contributed by atoms with Crippen LogP contribution in [0.3, 0.4) is 0 Å². The number of carbonyl (C=O) groups excluding carboxylic acids is 3. The first-order valence-corrected chi connectivity index (χ1v) is 17.8. The molecular formula is C36H55ClN4O4. The number of amides is 3. The Bertz CT molecular complexity index is 1190. The Morgan fingerprint density at radius 3 is 2.20 bits per heavy atom. The summed E-state index contributed by atoms with van der Waals surface area (Å²) in [6, 6.07) is 7.30. The number of rotatable bonds is 7. The van der Waals surface area contributed by atoms with Gasteiger partial charge in [-0.1, -0.05) is 44.5 Å². The van der Waals surface area contributed by atoms with Gasteiger partial charge in [-0.25, -0.2) is 0 Å². The first kappa shape index (κ1) is 34.2. The molecule has 3 saturated heterocycles. The van der Waals surface area contributed by atoms with Crippen molar-refractivity contribution in [3.8, 4) is 0 Å². The minimum absolute atomic E-state index is 0.00364. The molecule has 5 atom stereocenters. The number of benzene rings is 1. The number of hydrogen-bond acceptors (Lipinski definition) is 5. The van der Waals surface area contributed by atoms with Crippen molar-refractivity contribution in [1.29, 1.82) is 0 Å². The molecule has 0 spiro atoms. The second-order valence-corrected chi connectivity index (χ2v) is 15.6. The summed E-state index contributed by atoms with van der Waals surface area (Å²) < 4.78 is 5.56. The van der Waals surface area contributed by atoms with Crippen LogP contribution in [0.25, 0.3) is 0 Å². The Hall–Kier alpha value is -2.16. The maximum absolute atomic E-state index is 14.9. The SMILES string of the molecule is CCC(C)C(=O)N(C1CCC(C)CC1)[C@H]1C[C@@H](C(=O)N2CCOCC2)N(C(=O)[C@@H]2CN(C(C)(C)C)C[C@H]2c2ccc(Cl)cc2)C1. The van der Waals surface area contributed by atoms with Crippen molar-refractivity contribution in [2.24, 2.45) is 17.8 Å². The highest BCUT2D eigenvalue weighted by molar-refractivity contribution is 6.30. The first-order chi connectivity index (χ1) is 21.4. The van der Waals surface area contributed by atoms with Gasteiger partial charge in [0.1, 0.15) is 6.04 Å². The van der Waals surface area contributed by atoms with Crippen molar-refractivity contribution in [3.63, 3.8) is 0 Å². The maximum Gasteiger partial charge on any atom is 0.245 e. The van der Waals surface area contributed by atoms with Gasteiger partial charge in [0.25, 0.3) is 0 Å². The van der Waals surface area contributed by atoms with E-state index in [2.05, 4.69) is 44.4 Å². The molecule has 0 bridgehead atoms. The molecule has 1 aliphatic carbocycles. The predicted octanol–water partition coefficient (Wildman–Crippen LogP) is 5.44. The maximum atomic E-state index is 14.9. The highest BCUT2D eigenvalue weighted by Crippen LogP contribution is 2.40. The van der Waals surface area contributed by atoms with Gasteiger partial charge < -0.3 is 19.4 Å². The molecule has 3 amide bonds. The van der Waals surface area contributed by atoms with E-state index in [0.29, 0.717) is 56.8 Å². The van der Waals surface area contributed by atoms with Gasteiger partial charge in [-0.15, -0.1) is 0 Å². The summed E-state index contributed by atoms with van der Waals surface area (Å²) in [5, 5.41) is 0.675. The lowest BCUT2D eigenvalue weighted by Gasteiger charge is -2.41. The van der Waals surface area contributed by atoms with Gasteiger partial charge in [-0.2, -0.15) is 0 Å². The predicted molar refractivity (Wildman–Crippen MR) is 178 cm³/mol. The van der Waals surface area contributed by atoms with Crippen LogP contribution in [0.4, 0.5) is 0 Å². The van der Waals surface area contributed by atoms with Crippen molar-refractivity contribution in [1.82, 2.24) is 19.6 Å². The molecule has 1 aromatic carbocycles. The number of carbonyl (C=O) groups is 3. The van der Waals surface area contributed by atoms with Crippen molar-refractivity contribution < 1.29 is 19.1 Å². The number of ether oxygens (including phenoxy) is 1. The van der Waals surface area contributed by atoms with Gasteiger partial charge in [-0.3, -0.25) is 19.3 Å². The monoisotopic (exact) mass is 642 g/mol. The lowest BCUT2D eigenvalue weighted by atomic mass is 9.85. The lowest BCUT2D eigenvalue weighted by Crippen LogP contribution is -2.53. The third-order valence-electron chi connectivity index (χ3n) is 11.1. The van der Waals surface area contributed by atoms with E-state index < -0.39 is 6.04 Å². The van der Waals surface area contributed by atoms with Crippen LogP contribution in [-0.4, -0.2) is 107 Å². The molecule has 8 nitrogen and oxygen atoms in total. The molecule has 0 N–H and O–H groups in total. The fourth-order valence-electron chi connectivity index (χ4n) is 7.96. The molecule has 9 heteroatoms. The van der Waals surface area contributed by atoms with Crippen molar-refractivity contribution in [3.05, 3.63) is 34.9 Å². The second kappa shape index (κ2) is 14.3. The molecule has 1 saturated carbocycles. The zero-order valence-electron chi connectivity index (χ0n) is 28.3. The summed E-state index contributed by atoms with van der Waals surface area (Å²) in [6.07, 6.45) is 5.45. The van der Waals surface area contributed by atoms with Gasteiger partial charge in [0.2, 0.25) is 17.7 Å². The summed E-state index contributed by atoms with van der Waals surface area (Å²) in [7, 11) is 0. The van der Waals surface area contributed by atoms with E-state index in [9.17, 15) is 14.4 Å². The lowest BCUT2D eigenvalue weighted by molar-refractivity contribution is -0.148. The number of hydrogen-bond donors (Lipinski definition) is 0. The average Bonchev–Trinajstić information content (AvgIpc) is 3.68. The van der Waals surface area contributed by atoms with E-state index >= 15 is 0 Å². The highest BCUT2D eigenvalue weighted by Gasteiger charge is 2.51. The third kappa shape index (κ3) is 7.54. The highest BCUT2D eigenvalue weighted by atomic mass is 35.5. The molecule has 3 aliphatic heterocycles. The van der Waals surface area contributed by atoms with Crippen molar-refractivity contribution in [2.45, 2.75) is 110 Å². The molecule has 4 fully saturated rings. The molecule has 45 heavy (non-hydrogen) atoms. The van der Waals surface area contributed by atoms with Crippen LogP contribution < -0.4 is 0 Å². The summed E-state index contributed by atoms with van der Waals surface area (Å²) in [5.41, 5.74) is 0.995. The summed E-state index contributed by atoms with van der Waals surface area (Å²) in [5.74, 6) is 0.472. The standard InChI is InChI=1S/C36H55ClN4O4/c1-7-25(3)33(42)41(28-14-8-24(2)9-15-28)29-20-32(35(44)38-16-18-45-19-17-38)40(21-29)34(43)31-23-39(36(4,5)6)22-30(31)26-10-12-27(37)13-11-26/h10-13,24-25,28-32H,7-9,14-23H2,1-6H3/t24?,25?,28?,29-,30-,31+,32-/m0/s1. The van der Waals surface area contributed by atoms with Gasteiger partial charge in [0.15, 0.2) is 0 Å². The topological polar surface area (TPSA) is 73.4 Å². The molecule has 250 valence electrons. The van der Waals surface area contributed by atoms with Gasteiger partial charge in [0, 0.05) is 61.2 Å². The number of nitrogens with zero attached hydrogens (tertiary/aromatic N) is 4. The van der Waals surface area contributed by atoms with E-state index in [4.69, 9.17) is 16.3 Å². The van der Waals surface area contributed by atoms with Crippen LogP contribution in [0.1, 0.15) is 91.5 Å². The number of likely N-dealkylation sites (tertiary alicyclic amines) is 2. The summed E-state index contributed by atoms with van der Waals surface area (Å²) in [4.78, 5) is 51.5. The van der Waals surface area contributed by atoms with Crippen LogP contribution in [0, 0.1) is 17.8 Å². The zero-order valence-corrected chi connectivity index (χ0v) is 29.1. The smallest absolute Gasteiger partial charge is 0.245 e. The van der Waals surface area contributed by atoms with Crippen LogP contribution in [-0.2, 0) is 19.1 Å². The normalized spacial score (nSPS) is 30.4. The fraction of sp³-hybridized carbons (Fsp3) is 0.750. The van der Waals surface area contributed by atoms with Crippen molar-refractivity contribution >= 4 is 29.3 Å². The Balaban J connectivity index is 1.48. The molecule has 1 aromatic rings. The molecule has 0 aromatic heterocycles. The second-order valence-electron chi connectivity index (χ2n) is 15.1. The Morgan fingerprint density at radius 2 is 1.60 bits per heavy atom. The van der Waals surface area contributed by atoms with Gasteiger partial charge in [0.05, 0.1) is 25.2 Å². The van der Waals surface area contributed by atoms with Gasteiger partial charge in [-0.05, 0) is 82.9 Å². The molecular weight excluding hydrogens is 588 g/mol. The molecule has 0 radical (unpaired) electrons. The summed E-state index contributed by atoms with van der Waals surface area (Å²) in [6.45, 7) is 16.9. The van der Waals surface area contributed by atoms with E-state index in [-0.39, 0.29) is 53.1 Å². The largest absolute Gasteiger partial charge is 0.378 e. The quantitative estimate of drug-likeness (QED) is 0.396. The van der Waals surface area contributed by atoms with E-state index in [1.165, 1.54) is 0 Å². The van der Waals surface area contributed by atoms with Crippen LogP contribution in [0.15, 0.2) is 24.3 Å². The minimum Gasteiger partial charge on any atom is -0.378 e. The molecule has 4 aliphatic rings. The minimum atomic E-state index is -0.579. The van der Waals surface area contributed by atoms with Crippen LogP contribution in [0.5, 0.6) is 0 Å². The van der Waals surface area contributed by atoms with E-state index in [1.54, 1.807) is 0 Å². The Kier molecular flexibility index (Phi) is 10.9. The fourth-order valence-corrected chi connectivity index (χ4v) is 8.08. The van der Waals surface area contributed by atoms with E-state index in [1.807, 2.05) is 41.0 Å². The molecule has 5 rings (SSSR count). The average molecular weight is 643 g/mol. The first-order valence-electron chi connectivity index (χ1n) is 17.4. The van der Waals surface area contributed by atoms with Crippen LogP contribution >= 0.6 is 11.6 Å².